The second-order valence-corrected chi connectivity index (χ2v) is 12.8. The summed E-state index contributed by atoms with van der Waals surface area (Å²) in [6.45, 7) is 0. The zero-order chi connectivity index (χ0) is 33.7. The monoisotopic (exact) mass is 651 g/mol. The minimum Gasteiger partial charge on any atom is -0.455 e. The number of rotatable bonds is 5. The second-order valence-electron chi connectivity index (χ2n) is 12.8. The zero-order valence-corrected chi connectivity index (χ0v) is 27.5. The molecule has 0 N–H and O–H groups in total. The first-order chi connectivity index (χ1) is 25.2. The Labute approximate surface area is 294 Å². The standard InChI is InChI=1S/C47H29N3O/c1-4-12-30(13-5-1)33-20-21-35-27-37(23-22-34(35)26-33)46-48-45(32-16-8-3-9-17-32)49-47(50-46)42-29-41-40-28-36(31-14-6-2-7-15-31)24-25-43(40)51-44(41)39-19-11-10-18-38(39)42/h1-29H. The fourth-order valence-electron chi connectivity index (χ4n) is 7.13. The Morgan fingerprint density at radius 3 is 1.51 bits per heavy atom. The molecule has 0 radical (unpaired) electrons. The van der Waals surface area contributed by atoms with Crippen LogP contribution in [0.3, 0.4) is 0 Å². The van der Waals surface area contributed by atoms with Gasteiger partial charge in [0, 0.05) is 32.8 Å². The Morgan fingerprint density at radius 2 is 0.824 bits per heavy atom. The Balaban J connectivity index is 1.18. The van der Waals surface area contributed by atoms with Crippen LogP contribution in [0.25, 0.3) is 99.9 Å². The molecule has 238 valence electrons. The van der Waals surface area contributed by atoms with Gasteiger partial charge >= 0.3 is 0 Å². The molecule has 10 rings (SSSR count). The molecule has 0 unspecified atom stereocenters. The number of hydrogen-bond donors (Lipinski definition) is 0. The predicted molar refractivity (Wildman–Crippen MR) is 209 cm³/mol. The van der Waals surface area contributed by atoms with Crippen LogP contribution in [0.1, 0.15) is 0 Å². The van der Waals surface area contributed by atoms with Crippen LogP contribution < -0.4 is 0 Å². The topological polar surface area (TPSA) is 51.8 Å². The summed E-state index contributed by atoms with van der Waals surface area (Å²) < 4.78 is 6.56. The minimum absolute atomic E-state index is 0.616. The van der Waals surface area contributed by atoms with E-state index in [4.69, 9.17) is 19.4 Å². The molecule has 51 heavy (non-hydrogen) atoms. The fraction of sp³-hybridized carbons (Fsp3) is 0. The Bertz CT molecular complexity index is 2900. The van der Waals surface area contributed by atoms with Gasteiger partial charge in [0.1, 0.15) is 11.2 Å². The van der Waals surface area contributed by atoms with Gasteiger partial charge in [-0.25, -0.2) is 15.0 Å². The van der Waals surface area contributed by atoms with Crippen molar-refractivity contribution in [1.82, 2.24) is 15.0 Å². The molecule has 0 aliphatic carbocycles. The molecule has 0 bridgehead atoms. The molecule has 0 atom stereocenters. The molecule has 4 heteroatoms. The molecule has 10 aromatic rings. The van der Waals surface area contributed by atoms with Gasteiger partial charge in [-0.05, 0) is 68.7 Å². The van der Waals surface area contributed by atoms with Crippen molar-refractivity contribution in [3.63, 3.8) is 0 Å². The highest BCUT2D eigenvalue weighted by Gasteiger charge is 2.19. The summed E-state index contributed by atoms with van der Waals surface area (Å²) in [5, 5.41) is 6.41. The van der Waals surface area contributed by atoms with Crippen molar-refractivity contribution in [2.45, 2.75) is 0 Å². The van der Waals surface area contributed by atoms with Crippen molar-refractivity contribution in [3.05, 3.63) is 176 Å². The Kier molecular flexibility index (Phi) is 6.78. The molecule has 0 spiro atoms. The Hall–Kier alpha value is -6.91. The van der Waals surface area contributed by atoms with Crippen molar-refractivity contribution < 1.29 is 4.42 Å². The van der Waals surface area contributed by atoms with E-state index in [9.17, 15) is 0 Å². The van der Waals surface area contributed by atoms with E-state index in [1.807, 2.05) is 42.5 Å². The summed E-state index contributed by atoms with van der Waals surface area (Å²) in [6, 6.07) is 61.1. The second kappa shape index (κ2) is 11.9. The molecule has 2 aromatic heterocycles. The first kappa shape index (κ1) is 29.0. The van der Waals surface area contributed by atoms with Crippen LogP contribution in [-0.4, -0.2) is 15.0 Å². The molecule has 4 nitrogen and oxygen atoms in total. The Morgan fingerprint density at radius 1 is 0.314 bits per heavy atom. The SMILES string of the molecule is c1ccc(-c2ccc3cc(-c4nc(-c5ccccc5)nc(-c5cc6c7cc(-c8ccccc8)ccc7oc6c6ccccc56)n4)ccc3c2)cc1. The molecule has 8 aromatic carbocycles. The number of fused-ring (bicyclic) bond motifs is 6. The van der Waals surface area contributed by atoms with E-state index in [0.29, 0.717) is 17.5 Å². The van der Waals surface area contributed by atoms with Crippen LogP contribution in [0.15, 0.2) is 180 Å². The third kappa shape index (κ3) is 5.13. The highest BCUT2D eigenvalue weighted by molar-refractivity contribution is 6.19. The highest BCUT2D eigenvalue weighted by atomic mass is 16.3. The minimum atomic E-state index is 0.616. The van der Waals surface area contributed by atoms with Crippen LogP contribution in [0.5, 0.6) is 0 Å². The van der Waals surface area contributed by atoms with Gasteiger partial charge in [0.25, 0.3) is 0 Å². The molecule has 0 fully saturated rings. The van der Waals surface area contributed by atoms with Gasteiger partial charge in [0.2, 0.25) is 0 Å². The first-order valence-electron chi connectivity index (χ1n) is 17.1. The van der Waals surface area contributed by atoms with Crippen molar-refractivity contribution in [1.29, 1.82) is 0 Å². The summed E-state index contributed by atoms with van der Waals surface area (Å²) in [4.78, 5) is 15.4. The summed E-state index contributed by atoms with van der Waals surface area (Å²) in [5.74, 6) is 1.87. The maximum absolute atomic E-state index is 6.56. The zero-order valence-electron chi connectivity index (χ0n) is 27.5. The lowest BCUT2D eigenvalue weighted by Gasteiger charge is -2.11. The average molecular weight is 652 g/mol. The molecule has 0 saturated heterocycles. The summed E-state index contributed by atoms with van der Waals surface area (Å²) >= 11 is 0. The lowest BCUT2D eigenvalue weighted by Crippen LogP contribution is -2.00. The number of hydrogen-bond acceptors (Lipinski definition) is 4. The maximum atomic E-state index is 6.56. The van der Waals surface area contributed by atoms with E-state index in [-0.39, 0.29) is 0 Å². The van der Waals surface area contributed by atoms with E-state index in [1.54, 1.807) is 0 Å². The van der Waals surface area contributed by atoms with Crippen LogP contribution in [0, 0.1) is 0 Å². The average Bonchev–Trinajstić information content (AvgIpc) is 3.59. The molecule has 0 amide bonds. The van der Waals surface area contributed by atoms with Crippen LogP contribution in [0.2, 0.25) is 0 Å². The van der Waals surface area contributed by atoms with Gasteiger partial charge in [0.15, 0.2) is 17.5 Å². The molecule has 2 heterocycles. The lowest BCUT2D eigenvalue weighted by molar-refractivity contribution is 0.673. The van der Waals surface area contributed by atoms with Crippen molar-refractivity contribution >= 4 is 43.5 Å². The van der Waals surface area contributed by atoms with Gasteiger partial charge in [-0.1, -0.05) is 146 Å². The smallest absolute Gasteiger partial charge is 0.164 e. The highest BCUT2D eigenvalue weighted by Crippen LogP contribution is 2.41. The van der Waals surface area contributed by atoms with E-state index in [2.05, 4.69) is 133 Å². The molecule has 0 aliphatic rings. The maximum Gasteiger partial charge on any atom is 0.164 e. The molecule has 0 aliphatic heterocycles. The van der Waals surface area contributed by atoms with E-state index in [0.717, 1.165) is 71.3 Å². The summed E-state index contributed by atoms with van der Waals surface area (Å²) in [6.07, 6.45) is 0. The van der Waals surface area contributed by atoms with Gasteiger partial charge in [-0.15, -0.1) is 0 Å². The number of nitrogens with zero attached hydrogens (tertiary/aromatic N) is 3. The summed E-state index contributed by atoms with van der Waals surface area (Å²) in [5.41, 5.74) is 9.19. The number of aromatic nitrogens is 3. The van der Waals surface area contributed by atoms with Crippen LogP contribution in [-0.2, 0) is 0 Å². The quantitative estimate of drug-likeness (QED) is 0.186. The number of furan rings is 1. The number of benzene rings is 8. The fourth-order valence-corrected chi connectivity index (χ4v) is 7.13. The van der Waals surface area contributed by atoms with Gasteiger partial charge < -0.3 is 4.42 Å². The third-order valence-corrected chi connectivity index (χ3v) is 9.70. The summed E-state index contributed by atoms with van der Waals surface area (Å²) in [7, 11) is 0. The van der Waals surface area contributed by atoms with Gasteiger partial charge in [0.05, 0.1) is 0 Å². The van der Waals surface area contributed by atoms with E-state index >= 15 is 0 Å². The largest absolute Gasteiger partial charge is 0.455 e. The van der Waals surface area contributed by atoms with E-state index < -0.39 is 0 Å². The predicted octanol–water partition coefficient (Wildman–Crippen LogP) is 12.4. The normalized spacial score (nSPS) is 11.5. The first-order valence-corrected chi connectivity index (χ1v) is 17.1. The van der Waals surface area contributed by atoms with Gasteiger partial charge in [-0.3, -0.25) is 0 Å². The molecular formula is C47H29N3O. The lowest BCUT2D eigenvalue weighted by atomic mass is 9.98. The van der Waals surface area contributed by atoms with Crippen LogP contribution in [0.4, 0.5) is 0 Å². The van der Waals surface area contributed by atoms with Gasteiger partial charge in [-0.2, -0.15) is 0 Å². The van der Waals surface area contributed by atoms with Crippen molar-refractivity contribution in [3.8, 4) is 56.4 Å². The third-order valence-electron chi connectivity index (χ3n) is 9.70. The van der Waals surface area contributed by atoms with E-state index in [1.165, 1.54) is 11.1 Å². The molecule has 0 saturated carbocycles. The van der Waals surface area contributed by atoms with Crippen molar-refractivity contribution in [2.75, 3.05) is 0 Å². The van der Waals surface area contributed by atoms with Crippen LogP contribution >= 0.6 is 0 Å². The molecular weight excluding hydrogens is 623 g/mol. The van der Waals surface area contributed by atoms with Crippen molar-refractivity contribution in [2.24, 2.45) is 0 Å².